The molecule has 6 nitrogen and oxygen atoms in total. The van der Waals surface area contributed by atoms with Gasteiger partial charge in [0.25, 0.3) is 0 Å². The molecule has 1 fully saturated rings. The lowest BCUT2D eigenvalue weighted by Gasteiger charge is -2.28. The van der Waals surface area contributed by atoms with Crippen LogP contribution in [0.2, 0.25) is 0 Å². The summed E-state index contributed by atoms with van der Waals surface area (Å²) in [5.74, 6) is 1.63. The maximum absolute atomic E-state index is 12.8. The lowest BCUT2D eigenvalue weighted by atomic mass is 10.2. The van der Waals surface area contributed by atoms with Gasteiger partial charge in [0.1, 0.15) is 11.5 Å². The number of hydrogen-bond donors (Lipinski definition) is 0. The molecule has 1 aromatic carbocycles. The molecule has 0 saturated carbocycles. The van der Waals surface area contributed by atoms with E-state index in [0.717, 1.165) is 23.6 Å². The molecule has 0 spiro atoms. The summed E-state index contributed by atoms with van der Waals surface area (Å²) in [5.41, 5.74) is 2.22. The van der Waals surface area contributed by atoms with Crippen LogP contribution in [0.15, 0.2) is 35.0 Å². The summed E-state index contributed by atoms with van der Waals surface area (Å²) in [4.78, 5) is 16.9. The molecule has 0 N–H and O–H groups in total. The van der Waals surface area contributed by atoms with Gasteiger partial charge in [-0.25, -0.2) is 0 Å². The second-order valence-electron chi connectivity index (χ2n) is 7.59. The number of nitrogens with zero attached hydrogens (tertiary/aromatic N) is 2. The quantitative estimate of drug-likeness (QED) is 0.658. The van der Waals surface area contributed by atoms with Crippen molar-refractivity contribution in [3.8, 4) is 11.5 Å². The van der Waals surface area contributed by atoms with E-state index < -0.39 is 0 Å². The molecule has 29 heavy (non-hydrogen) atoms. The first-order chi connectivity index (χ1) is 14.0. The molecule has 7 heteroatoms. The molecule has 1 aliphatic rings. The third kappa shape index (κ3) is 5.95. The highest BCUT2D eigenvalue weighted by Gasteiger charge is 2.29. The minimum Gasteiger partial charge on any atom is -0.497 e. The molecule has 1 atom stereocenters. The minimum absolute atomic E-state index is 0.0697. The number of thiophene rings is 1. The first kappa shape index (κ1) is 21.6. The molecular formula is C22H30N2O4S. The Morgan fingerprint density at radius 1 is 1.10 bits per heavy atom. The summed E-state index contributed by atoms with van der Waals surface area (Å²) in [6.07, 6.45) is -0.0697. The highest BCUT2D eigenvalue weighted by molar-refractivity contribution is 7.07. The average Bonchev–Trinajstić information content (AvgIpc) is 3.15. The largest absolute Gasteiger partial charge is 0.497 e. The number of carbonyl (C=O) groups is 1. The second-order valence-corrected chi connectivity index (χ2v) is 8.38. The molecule has 158 valence electrons. The van der Waals surface area contributed by atoms with Crippen LogP contribution >= 0.6 is 11.3 Å². The predicted molar refractivity (Wildman–Crippen MR) is 115 cm³/mol. The first-order valence-electron chi connectivity index (χ1n) is 9.85. The van der Waals surface area contributed by atoms with Crippen LogP contribution in [0.4, 0.5) is 0 Å². The number of hydrogen-bond acceptors (Lipinski definition) is 6. The van der Waals surface area contributed by atoms with E-state index in [9.17, 15) is 4.79 Å². The molecular weight excluding hydrogens is 388 g/mol. The molecule has 2 aromatic rings. The van der Waals surface area contributed by atoms with Gasteiger partial charge in [-0.15, -0.1) is 0 Å². The highest BCUT2D eigenvalue weighted by Crippen LogP contribution is 2.24. The van der Waals surface area contributed by atoms with Crippen molar-refractivity contribution in [1.82, 2.24) is 9.80 Å². The Labute approximate surface area is 177 Å². The maximum Gasteiger partial charge on any atom is 0.237 e. The Morgan fingerprint density at radius 3 is 2.41 bits per heavy atom. The van der Waals surface area contributed by atoms with E-state index in [1.807, 2.05) is 23.1 Å². The van der Waals surface area contributed by atoms with Crippen molar-refractivity contribution in [2.75, 3.05) is 33.9 Å². The van der Waals surface area contributed by atoms with E-state index in [4.69, 9.17) is 14.2 Å². The van der Waals surface area contributed by atoms with Gasteiger partial charge in [0.15, 0.2) is 0 Å². The Bertz CT molecular complexity index is 772. The lowest BCUT2D eigenvalue weighted by Crippen LogP contribution is -2.42. The molecule has 0 aliphatic carbocycles. The Hall–Kier alpha value is -2.09. The van der Waals surface area contributed by atoms with Gasteiger partial charge in [-0.1, -0.05) is 0 Å². The zero-order valence-electron chi connectivity index (χ0n) is 17.6. The second kappa shape index (κ2) is 10.1. The maximum atomic E-state index is 12.8. The number of amides is 1. The predicted octanol–water partition coefficient (Wildman–Crippen LogP) is 3.40. The topological polar surface area (TPSA) is 51.2 Å². The van der Waals surface area contributed by atoms with Crippen molar-refractivity contribution in [2.24, 2.45) is 0 Å². The Balaban J connectivity index is 1.72. The van der Waals surface area contributed by atoms with E-state index in [-0.39, 0.29) is 18.1 Å². The fourth-order valence-corrected chi connectivity index (χ4v) is 4.20. The summed E-state index contributed by atoms with van der Waals surface area (Å²) >= 11 is 1.68. The molecule has 0 radical (unpaired) electrons. The van der Waals surface area contributed by atoms with E-state index in [1.165, 1.54) is 5.56 Å². The van der Waals surface area contributed by atoms with Gasteiger partial charge < -0.3 is 19.1 Å². The summed E-state index contributed by atoms with van der Waals surface area (Å²) in [5, 5.41) is 4.20. The fourth-order valence-electron chi connectivity index (χ4n) is 3.54. The van der Waals surface area contributed by atoms with Gasteiger partial charge in [-0.2, -0.15) is 11.3 Å². The number of ether oxygens (including phenoxy) is 3. The normalized spacial score (nSPS) is 18.2. The van der Waals surface area contributed by atoms with Crippen LogP contribution in [0.1, 0.15) is 25.0 Å². The van der Waals surface area contributed by atoms with Crippen LogP contribution in [0.25, 0.3) is 0 Å². The molecule has 2 heterocycles. The molecule has 1 amide bonds. The van der Waals surface area contributed by atoms with Crippen LogP contribution in [0, 0.1) is 0 Å². The van der Waals surface area contributed by atoms with Gasteiger partial charge in [-0.3, -0.25) is 9.69 Å². The zero-order valence-corrected chi connectivity index (χ0v) is 18.4. The number of benzene rings is 1. The summed E-state index contributed by atoms with van der Waals surface area (Å²) in [7, 11) is 3.28. The van der Waals surface area contributed by atoms with Crippen molar-refractivity contribution in [3.63, 3.8) is 0 Å². The third-order valence-corrected chi connectivity index (χ3v) is 5.78. The number of methoxy groups -OCH3 is 2. The van der Waals surface area contributed by atoms with E-state index >= 15 is 0 Å². The summed E-state index contributed by atoms with van der Waals surface area (Å²) in [6, 6.07) is 8.00. The molecule has 1 aromatic heterocycles. The van der Waals surface area contributed by atoms with Gasteiger partial charge in [0, 0.05) is 31.7 Å². The van der Waals surface area contributed by atoms with E-state index in [1.54, 1.807) is 25.6 Å². The van der Waals surface area contributed by atoms with Gasteiger partial charge >= 0.3 is 0 Å². The number of carbonyl (C=O) groups excluding carboxylic acids is 1. The molecule has 1 saturated heterocycles. The molecule has 1 aliphatic heterocycles. The highest BCUT2D eigenvalue weighted by atomic mass is 32.1. The molecule has 1 unspecified atom stereocenters. The molecule has 3 rings (SSSR count). The Morgan fingerprint density at radius 2 is 1.83 bits per heavy atom. The standard InChI is InChI=1S/C22H30N2O4S/c1-16(2)24-12-21(11-23(13-22(24)25)10-17-5-6-29-15-17)28-14-18-7-19(26-3)9-20(8-18)27-4/h5-9,15-16,21H,10-14H2,1-4H3. The lowest BCUT2D eigenvalue weighted by molar-refractivity contribution is -0.133. The van der Waals surface area contributed by atoms with Gasteiger partial charge in [0.2, 0.25) is 5.91 Å². The van der Waals surface area contributed by atoms with Crippen LogP contribution < -0.4 is 9.47 Å². The van der Waals surface area contributed by atoms with Crippen molar-refractivity contribution in [2.45, 2.75) is 39.1 Å². The van der Waals surface area contributed by atoms with Crippen LogP contribution in [0.5, 0.6) is 11.5 Å². The molecule has 0 bridgehead atoms. The van der Waals surface area contributed by atoms with Crippen LogP contribution in [-0.2, 0) is 22.7 Å². The van der Waals surface area contributed by atoms with Crippen molar-refractivity contribution >= 4 is 17.2 Å². The van der Waals surface area contributed by atoms with Crippen molar-refractivity contribution in [1.29, 1.82) is 0 Å². The Kier molecular flexibility index (Phi) is 7.52. The van der Waals surface area contributed by atoms with Crippen LogP contribution in [0.3, 0.4) is 0 Å². The smallest absolute Gasteiger partial charge is 0.237 e. The summed E-state index contributed by atoms with van der Waals surface area (Å²) in [6.45, 7) is 7.02. The van der Waals surface area contributed by atoms with E-state index in [0.29, 0.717) is 26.2 Å². The third-order valence-electron chi connectivity index (χ3n) is 5.05. The average molecular weight is 419 g/mol. The summed E-state index contributed by atoms with van der Waals surface area (Å²) < 4.78 is 17.0. The first-order valence-corrected chi connectivity index (χ1v) is 10.8. The van der Waals surface area contributed by atoms with Crippen LogP contribution in [-0.4, -0.2) is 61.7 Å². The SMILES string of the molecule is COc1cc(COC2CN(Cc3ccsc3)CC(=O)N(C(C)C)C2)cc(OC)c1. The monoisotopic (exact) mass is 418 g/mol. The fraction of sp³-hybridized carbons (Fsp3) is 0.500. The van der Waals surface area contributed by atoms with Crippen molar-refractivity contribution in [3.05, 3.63) is 46.2 Å². The van der Waals surface area contributed by atoms with Crippen molar-refractivity contribution < 1.29 is 19.0 Å². The van der Waals surface area contributed by atoms with Gasteiger partial charge in [-0.05, 0) is 53.9 Å². The van der Waals surface area contributed by atoms with Gasteiger partial charge in [0.05, 0.1) is 33.5 Å². The minimum atomic E-state index is -0.0697. The number of rotatable bonds is 8. The zero-order chi connectivity index (χ0) is 20.8. The van der Waals surface area contributed by atoms with E-state index in [2.05, 4.69) is 35.6 Å².